The van der Waals surface area contributed by atoms with E-state index in [0.717, 1.165) is 25.5 Å². The van der Waals surface area contributed by atoms with E-state index in [1.807, 2.05) is 0 Å². The van der Waals surface area contributed by atoms with Gasteiger partial charge in [-0.3, -0.25) is 0 Å². The number of hydrogen-bond donors (Lipinski definition) is 1. The maximum atomic E-state index is 13.3. The Morgan fingerprint density at radius 2 is 2.04 bits per heavy atom. The molecule has 0 bridgehead atoms. The van der Waals surface area contributed by atoms with Crippen LogP contribution in [0.15, 0.2) is 24.3 Å². The van der Waals surface area contributed by atoms with E-state index in [-0.39, 0.29) is 11.5 Å². The highest BCUT2D eigenvalue weighted by molar-refractivity contribution is 5.32. The molecule has 1 aromatic rings. The van der Waals surface area contributed by atoms with Gasteiger partial charge >= 0.3 is 6.18 Å². The summed E-state index contributed by atoms with van der Waals surface area (Å²) in [6, 6.07) is 5.75. The summed E-state index contributed by atoms with van der Waals surface area (Å²) in [6.07, 6.45) is -2.42. The average Bonchev–Trinajstić information content (AvgIpc) is 2.55. The number of piperidine rings is 1. The second-order valence-corrected chi connectivity index (χ2v) is 5.83. The summed E-state index contributed by atoms with van der Waals surface area (Å²) in [4.78, 5) is 0. The van der Waals surface area contributed by atoms with Gasteiger partial charge in [0.05, 0.1) is 11.7 Å². The lowest BCUT2D eigenvalue weighted by Gasteiger charge is -2.32. The summed E-state index contributed by atoms with van der Waals surface area (Å²) >= 11 is 0. The Hall–Kier alpha value is -1.11. The highest BCUT2D eigenvalue weighted by atomic mass is 19.4. The molecule has 0 amide bonds. The van der Waals surface area contributed by atoms with Crippen LogP contribution >= 0.6 is 0 Å². The van der Waals surface area contributed by atoms with Gasteiger partial charge in [0, 0.05) is 32.8 Å². The predicted octanol–water partition coefficient (Wildman–Crippen LogP) is 3.80. The van der Waals surface area contributed by atoms with Crippen LogP contribution < -0.4 is 5.32 Å². The molecule has 2 rings (SSSR count). The Balaban J connectivity index is 2.22. The van der Waals surface area contributed by atoms with Crippen LogP contribution in [0.2, 0.25) is 0 Å². The number of methoxy groups -OCH3 is 1. The van der Waals surface area contributed by atoms with Crippen LogP contribution in [0, 0.1) is 5.92 Å². The third-order valence-electron chi connectivity index (χ3n) is 4.13. The standard InChI is InChI=1S/C17H24F3NO2/c1-22-10-5-11-23-16(13-6-4-9-21-12-13)14-7-2-3-8-15(14)17(18,19)20/h2-3,7-8,13,16,21H,4-6,9-12H2,1H3. The van der Waals surface area contributed by atoms with Gasteiger partial charge in [0.15, 0.2) is 0 Å². The van der Waals surface area contributed by atoms with E-state index >= 15 is 0 Å². The Kier molecular flexibility index (Phi) is 6.87. The quantitative estimate of drug-likeness (QED) is 0.771. The number of benzene rings is 1. The van der Waals surface area contributed by atoms with E-state index < -0.39 is 17.8 Å². The fourth-order valence-electron chi connectivity index (χ4n) is 3.03. The molecule has 1 heterocycles. The minimum Gasteiger partial charge on any atom is -0.385 e. The first-order valence-electron chi connectivity index (χ1n) is 8.01. The molecule has 0 aromatic heterocycles. The number of hydrogen-bond acceptors (Lipinski definition) is 3. The minimum atomic E-state index is -4.37. The zero-order chi connectivity index (χ0) is 16.7. The lowest BCUT2D eigenvalue weighted by Crippen LogP contribution is -2.35. The maximum Gasteiger partial charge on any atom is 0.416 e. The zero-order valence-electron chi connectivity index (χ0n) is 13.4. The Morgan fingerprint density at radius 3 is 2.70 bits per heavy atom. The van der Waals surface area contributed by atoms with Gasteiger partial charge in [-0.2, -0.15) is 13.2 Å². The molecule has 0 saturated carbocycles. The second-order valence-electron chi connectivity index (χ2n) is 5.83. The third-order valence-corrected chi connectivity index (χ3v) is 4.13. The monoisotopic (exact) mass is 331 g/mol. The summed E-state index contributed by atoms with van der Waals surface area (Å²) in [6.45, 7) is 2.52. The molecule has 6 heteroatoms. The van der Waals surface area contributed by atoms with Gasteiger partial charge in [0.2, 0.25) is 0 Å². The topological polar surface area (TPSA) is 30.5 Å². The molecule has 3 nitrogen and oxygen atoms in total. The van der Waals surface area contributed by atoms with E-state index in [2.05, 4.69) is 5.32 Å². The van der Waals surface area contributed by atoms with Crippen molar-refractivity contribution in [3.05, 3.63) is 35.4 Å². The summed E-state index contributed by atoms with van der Waals surface area (Å²) in [5.41, 5.74) is -0.353. The van der Waals surface area contributed by atoms with E-state index in [0.29, 0.717) is 26.2 Å². The predicted molar refractivity (Wildman–Crippen MR) is 82.2 cm³/mol. The number of alkyl halides is 3. The molecule has 0 spiro atoms. The highest BCUT2D eigenvalue weighted by Crippen LogP contribution is 2.39. The molecule has 130 valence electrons. The lowest BCUT2D eigenvalue weighted by atomic mass is 9.87. The van der Waals surface area contributed by atoms with Gasteiger partial charge in [-0.25, -0.2) is 0 Å². The summed E-state index contributed by atoms with van der Waals surface area (Å²) in [5.74, 6) is 0.0507. The fraction of sp³-hybridized carbons (Fsp3) is 0.647. The smallest absolute Gasteiger partial charge is 0.385 e. The Labute approximate surface area is 135 Å². The van der Waals surface area contributed by atoms with Crippen molar-refractivity contribution in [3.63, 3.8) is 0 Å². The molecule has 1 fully saturated rings. The number of halogens is 3. The van der Waals surface area contributed by atoms with Crippen LogP contribution in [0.5, 0.6) is 0 Å². The zero-order valence-corrected chi connectivity index (χ0v) is 13.4. The van der Waals surface area contributed by atoms with Crippen LogP contribution in [0.4, 0.5) is 13.2 Å². The van der Waals surface area contributed by atoms with Gasteiger partial charge in [-0.1, -0.05) is 18.2 Å². The van der Waals surface area contributed by atoms with Crippen molar-refractivity contribution in [2.45, 2.75) is 31.5 Å². The van der Waals surface area contributed by atoms with E-state index in [1.54, 1.807) is 19.2 Å². The lowest BCUT2D eigenvalue weighted by molar-refractivity contribution is -0.140. The van der Waals surface area contributed by atoms with Crippen molar-refractivity contribution < 1.29 is 22.6 Å². The maximum absolute atomic E-state index is 13.3. The summed E-state index contributed by atoms with van der Waals surface area (Å²) < 4.78 is 50.8. The number of rotatable bonds is 7. The molecule has 1 aromatic carbocycles. The summed E-state index contributed by atoms with van der Waals surface area (Å²) in [7, 11) is 1.60. The number of nitrogens with one attached hydrogen (secondary N) is 1. The first-order chi connectivity index (χ1) is 11.0. The van der Waals surface area contributed by atoms with Crippen LogP contribution in [0.1, 0.15) is 36.5 Å². The van der Waals surface area contributed by atoms with Crippen molar-refractivity contribution in [2.75, 3.05) is 33.4 Å². The molecule has 23 heavy (non-hydrogen) atoms. The largest absolute Gasteiger partial charge is 0.416 e. The molecule has 0 radical (unpaired) electrons. The molecule has 1 saturated heterocycles. The highest BCUT2D eigenvalue weighted by Gasteiger charge is 2.37. The van der Waals surface area contributed by atoms with Crippen LogP contribution in [-0.4, -0.2) is 33.4 Å². The van der Waals surface area contributed by atoms with E-state index in [9.17, 15) is 13.2 Å². The molecular weight excluding hydrogens is 307 g/mol. The first-order valence-corrected chi connectivity index (χ1v) is 8.01. The molecular formula is C17H24F3NO2. The van der Waals surface area contributed by atoms with Crippen LogP contribution in [-0.2, 0) is 15.7 Å². The van der Waals surface area contributed by atoms with Crippen molar-refractivity contribution >= 4 is 0 Å². The first kappa shape index (κ1) is 18.2. The Morgan fingerprint density at radius 1 is 1.26 bits per heavy atom. The molecule has 1 N–H and O–H groups in total. The van der Waals surface area contributed by atoms with Crippen molar-refractivity contribution in [1.29, 1.82) is 0 Å². The van der Waals surface area contributed by atoms with Crippen molar-refractivity contribution in [1.82, 2.24) is 5.32 Å². The van der Waals surface area contributed by atoms with Gasteiger partial charge in [0.1, 0.15) is 0 Å². The normalized spacial score (nSPS) is 20.4. The molecule has 2 unspecified atom stereocenters. The fourth-order valence-corrected chi connectivity index (χ4v) is 3.03. The Bertz CT molecular complexity index is 473. The summed E-state index contributed by atoms with van der Waals surface area (Å²) in [5, 5.41) is 3.26. The van der Waals surface area contributed by atoms with E-state index in [1.165, 1.54) is 6.07 Å². The molecule has 2 atom stereocenters. The van der Waals surface area contributed by atoms with Crippen LogP contribution in [0.3, 0.4) is 0 Å². The van der Waals surface area contributed by atoms with Crippen LogP contribution in [0.25, 0.3) is 0 Å². The third kappa shape index (κ3) is 5.19. The molecule has 1 aliphatic rings. The van der Waals surface area contributed by atoms with Gasteiger partial charge in [-0.15, -0.1) is 0 Å². The molecule has 1 aliphatic heterocycles. The number of ether oxygens (including phenoxy) is 2. The second kappa shape index (κ2) is 8.66. The van der Waals surface area contributed by atoms with E-state index in [4.69, 9.17) is 9.47 Å². The van der Waals surface area contributed by atoms with Crippen molar-refractivity contribution in [3.8, 4) is 0 Å². The SMILES string of the molecule is COCCCOC(c1ccccc1C(F)(F)F)C1CCCNC1. The average molecular weight is 331 g/mol. The van der Waals surface area contributed by atoms with Gasteiger partial charge in [0.25, 0.3) is 0 Å². The van der Waals surface area contributed by atoms with Crippen molar-refractivity contribution in [2.24, 2.45) is 5.92 Å². The van der Waals surface area contributed by atoms with Gasteiger partial charge < -0.3 is 14.8 Å². The minimum absolute atomic E-state index is 0.0507. The molecule has 0 aliphatic carbocycles. The van der Waals surface area contributed by atoms with Gasteiger partial charge in [-0.05, 0) is 37.4 Å².